The van der Waals surface area contributed by atoms with Crippen molar-refractivity contribution in [1.82, 2.24) is 4.98 Å². The van der Waals surface area contributed by atoms with Crippen LogP contribution in [0, 0.1) is 0 Å². The predicted molar refractivity (Wildman–Crippen MR) is 104 cm³/mol. The number of hydrogen-bond donors (Lipinski definition) is 1. The van der Waals surface area contributed by atoms with Gasteiger partial charge in [0, 0.05) is 17.5 Å². The lowest BCUT2D eigenvalue weighted by Crippen LogP contribution is -2.19. The summed E-state index contributed by atoms with van der Waals surface area (Å²) in [7, 11) is 0. The fourth-order valence-electron chi connectivity index (χ4n) is 2.50. The van der Waals surface area contributed by atoms with E-state index in [1.807, 2.05) is 30.3 Å². The number of carbonyl (C=O) groups is 2. The molecule has 0 aliphatic heterocycles. The van der Waals surface area contributed by atoms with Crippen LogP contribution in [-0.2, 0) is 19.1 Å². The number of nitrogens with zero attached hydrogens (tertiary/aromatic N) is 1. The number of esters is 2. The monoisotopic (exact) mass is 380 g/mol. The second-order valence-corrected chi connectivity index (χ2v) is 5.71. The highest BCUT2D eigenvalue weighted by Crippen LogP contribution is 2.26. The van der Waals surface area contributed by atoms with Gasteiger partial charge in [-0.1, -0.05) is 18.2 Å². The van der Waals surface area contributed by atoms with Gasteiger partial charge >= 0.3 is 11.9 Å². The molecule has 7 nitrogen and oxygen atoms in total. The van der Waals surface area contributed by atoms with Gasteiger partial charge in [-0.2, -0.15) is 0 Å². The van der Waals surface area contributed by atoms with Crippen molar-refractivity contribution in [3.05, 3.63) is 60.3 Å². The zero-order valence-electron chi connectivity index (χ0n) is 15.6. The van der Waals surface area contributed by atoms with E-state index in [1.165, 1.54) is 6.20 Å². The van der Waals surface area contributed by atoms with Crippen molar-refractivity contribution < 1.29 is 23.5 Å². The van der Waals surface area contributed by atoms with Crippen LogP contribution in [0.5, 0.6) is 0 Å². The SMILES string of the molecule is CCOC(=O)C(=CNc1ccc2oc(-c3ccccc3)nc2c1)C(=O)OCC. The molecule has 0 unspecified atom stereocenters. The van der Waals surface area contributed by atoms with Crippen LogP contribution in [0.15, 0.2) is 64.7 Å². The topological polar surface area (TPSA) is 90.7 Å². The van der Waals surface area contributed by atoms with Crippen LogP contribution in [0.25, 0.3) is 22.6 Å². The first kappa shape index (κ1) is 19.2. The number of aromatic nitrogens is 1. The Labute approximate surface area is 162 Å². The third-order valence-electron chi connectivity index (χ3n) is 3.78. The minimum absolute atomic E-state index is 0.155. The Balaban J connectivity index is 1.85. The maximum atomic E-state index is 12.0. The lowest BCUT2D eigenvalue weighted by atomic mass is 10.2. The molecule has 0 saturated heterocycles. The largest absolute Gasteiger partial charge is 0.462 e. The number of benzene rings is 2. The van der Waals surface area contributed by atoms with Crippen molar-refractivity contribution in [2.45, 2.75) is 13.8 Å². The van der Waals surface area contributed by atoms with Crippen LogP contribution in [0.2, 0.25) is 0 Å². The number of hydrogen-bond acceptors (Lipinski definition) is 7. The normalized spacial score (nSPS) is 10.4. The van der Waals surface area contributed by atoms with Crippen LogP contribution in [0.1, 0.15) is 13.8 Å². The number of anilines is 1. The Morgan fingerprint density at radius 3 is 2.36 bits per heavy atom. The number of fused-ring (bicyclic) bond motifs is 1. The van der Waals surface area contributed by atoms with Crippen LogP contribution in [0.4, 0.5) is 5.69 Å². The average molecular weight is 380 g/mol. The van der Waals surface area contributed by atoms with Crippen LogP contribution >= 0.6 is 0 Å². The minimum atomic E-state index is -0.748. The van der Waals surface area contributed by atoms with Crippen molar-refractivity contribution >= 4 is 28.7 Å². The number of carbonyl (C=O) groups excluding carboxylic acids is 2. The molecule has 3 aromatic rings. The Hall–Kier alpha value is -3.61. The summed E-state index contributed by atoms with van der Waals surface area (Å²) in [5, 5.41) is 2.92. The summed E-state index contributed by atoms with van der Waals surface area (Å²) in [5.41, 5.74) is 2.57. The summed E-state index contributed by atoms with van der Waals surface area (Å²) in [6, 6.07) is 14.9. The molecule has 2 aromatic carbocycles. The summed E-state index contributed by atoms with van der Waals surface area (Å²) in [5.74, 6) is -0.980. The van der Waals surface area contributed by atoms with E-state index in [0.717, 1.165) is 5.56 Å². The quantitative estimate of drug-likeness (QED) is 0.287. The van der Waals surface area contributed by atoms with Crippen molar-refractivity contribution in [1.29, 1.82) is 0 Å². The van der Waals surface area contributed by atoms with Gasteiger partial charge in [-0.3, -0.25) is 0 Å². The van der Waals surface area contributed by atoms with Gasteiger partial charge in [0.25, 0.3) is 0 Å². The first-order valence-corrected chi connectivity index (χ1v) is 8.89. The second kappa shape index (κ2) is 8.85. The molecule has 0 bridgehead atoms. The van der Waals surface area contributed by atoms with E-state index >= 15 is 0 Å². The third-order valence-corrected chi connectivity index (χ3v) is 3.78. The molecule has 144 valence electrons. The van der Waals surface area contributed by atoms with Crippen LogP contribution in [0.3, 0.4) is 0 Å². The number of oxazole rings is 1. The maximum Gasteiger partial charge on any atom is 0.347 e. The van der Waals surface area contributed by atoms with Gasteiger partial charge < -0.3 is 19.2 Å². The predicted octanol–water partition coefficient (Wildman–Crippen LogP) is 3.92. The van der Waals surface area contributed by atoms with Gasteiger partial charge in [0.05, 0.1) is 13.2 Å². The van der Waals surface area contributed by atoms with Gasteiger partial charge in [0.1, 0.15) is 5.52 Å². The Bertz CT molecular complexity index is 988. The first-order valence-electron chi connectivity index (χ1n) is 8.89. The van der Waals surface area contributed by atoms with Crippen LogP contribution < -0.4 is 5.32 Å². The fourth-order valence-corrected chi connectivity index (χ4v) is 2.50. The molecule has 0 aliphatic carbocycles. The fraction of sp³-hybridized carbons (Fsp3) is 0.190. The molecule has 0 saturated carbocycles. The van der Waals surface area contributed by atoms with Gasteiger partial charge in [0.2, 0.25) is 5.89 Å². The molecule has 0 amide bonds. The highest BCUT2D eigenvalue weighted by atomic mass is 16.6. The van der Waals surface area contributed by atoms with E-state index in [-0.39, 0.29) is 18.8 Å². The molecule has 3 rings (SSSR count). The Kier molecular flexibility index (Phi) is 6.06. The summed E-state index contributed by atoms with van der Waals surface area (Å²) in [6.45, 7) is 3.64. The number of ether oxygens (including phenoxy) is 2. The summed E-state index contributed by atoms with van der Waals surface area (Å²) in [4.78, 5) is 28.5. The molecule has 0 atom stereocenters. The summed E-state index contributed by atoms with van der Waals surface area (Å²) < 4.78 is 15.6. The van der Waals surface area contributed by atoms with Crippen molar-refractivity contribution in [3.8, 4) is 11.5 Å². The highest BCUT2D eigenvalue weighted by Gasteiger charge is 2.21. The third kappa shape index (κ3) is 4.37. The van der Waals surface area contributed by atoms with Crippen molar-refractivity contribution in [2.24, 2.45) is 0 Å². The van der Waals surface area contributed by atoms with E-state index < -0.39 is 11.9 Å². The molecule has 1 aromatic heterocycles. The molecule has 1 N–H and O–H groups in total. The number of nitrogens with one attached hydrogen (secondary N) is 1. The molecule has 0 aliphatic rings. The van der Waals surface area contributed by atoms with Gasteiger partial charge in [0.15, 0.2) is 11.2 Å². The molecule has 0 spiro atoms. The van der Waals surface area contributed by atoms with Gasteiger partial charge in [-0.25, -0.2) is 14.6 Å². The lowest BCUT2D eigenvalue weighted by Gasteiger charge is -2.07. The number of rotatable bonds is 7. The van der Waals surface area contributed by atoms with Gasteiger partial charge in [-0.15, -0.1) is 0 Å². The van der Waals surface area contributed by atoms with E-state index in [2.05, 4.69) is 10.3 Å². The summed E-state index contributed by atoms with van der Waals surface area (Å²) in [6.07, 6.45) is 1.27. The van der Waals surface area contributed by atoms with E-state index in [1.54, 1.807) is 32.0 Å². The molecule has 1 heterocycles. The maximum absolute atomic E-state index is 12.0. The standard InChI is InChI=1S/C21H20N2O5/c1-3-26-20(24)16(21(25)27-4-2)13-22-15-10-11-18-17(12-15)23-19(28-18)14-8-6-5-7-9-14/h5-13,22H,3-4H2,1-2H3. The van der Waals surface area contributed by atoms with E-state index in [4.69, 9.17) is 13.9 Å². The first-order chi connectivity index (χ1) is 13.6. The smallest absolute Gasteiger partial charge is 0.347 e. The second-order valence-electron chi connectivity index (χ2n) is 5.71. The molecular formula is C21H20N2O5. The molecule has 0 fully saturated rings. The molecule has 0 radical (unpaired) electrons. The zero-order chi connectivity index (χ0) is 19.9. The molecular weight excluding hydrogens is 360 g/mol. The van der Waals surface area contributed by atoms with E-state index in [9.17, 15) is 9.59 Å². The molecule has 28 heavy (non-hydrogen) atoms. The van der Waals surface area contributed by atoms with Gasteiger partial charge in [-0.05, 0) is 44.2 Å². The highest BCUT2D eigenvalue weighted by molar-refractivity contribution is 6.14. The average Bonchev–Trinajstić information content (AvgIpc) is 3.13. The van der Waals surface area contributed by atoms with Crippen LogP contribution in [-0.4, -0.2) is 30.1 Å². The van der Waals surface area contributed by atoms with E-state index in [0.29, 0.717) is 22.7 Å². The minimum Gasteiger partial charge on any atom is -0.462 e. The van der Waals surface area contributed by atoms with Crippen molar-refractivity contribution in [2.75, 3.05) is 18.5 Å². The van der Waals surface area contributed by atoms with Crippen molar-refractivity contribution in [3.63, 3.8) is 0 Å². The Morgan fingerprint density at radius 2 is 1.71 bits per heavy atom. The summed E-state index contributed by atoms with van der Waals surface area (Å²) >= 11 is 0. The zero-order valence-corrected chi connectivity index (χ0v) is 15.6. The Morgan fingerprint density at radius 1 is 1.04 bits per heavy atom. The lowest BCUT2D eigenvalue weighted by molar-refractivity contribution is -0.146. The molecule has 7 heteroatoms.